The van der Waals surface area contributed by atoms with Gasteiger partial charge in [-0.3, -0.25) is 0 Å². The maximum Gasteiger partial charge on any atom is 0.197 e. The fourth-order valence-corrected chi connectivity index (χ4v) is 8.13. The van der Waals surface area contributed by atoms with Gasteiger partial charge in [-0.25, -0.2) is 4.39 Å². The number of thioether (sulfide) groups is 2. The second kappa shape index (κ2) is 7.76. The number of hydrogen-bond donors (Lipinski definition) is 0. The molecule has 1 saturated heterocycles. The van der Waals surface area contributed by atoms with Crippen LogP contribution in [0.2, 0.25) is 0 Å². The predicted molar refractivity (Wildman–Crippen MR) is 106 cm³/mol. The highest BCUT2D eigenvalue weighted by Gasteiger charge is 2.39. The highest BCUT2D eigenvalue weighted by atomic mass is 32.2. The SMILES string of the molecule is COc1cc2sc(C3(C[C@H](C)C=O)SCCCS3)cc2c(F)c1OC. The topological polar surface area (TPSA) is 35.5 Å². The Hall–Kier alpha value is -0.920. The average molecular weight is 401 g/mol. The van der Waals surface area contributed by atoms with Crippen LogP contribution in [0.5, 0.6) is 11.5 Å². The molecule has 0 saturated carbocycles. The van der Waals surface area contributed by atoms with Crippen molar-refractivity contribution in [3.05, 3.63) is 22.8 Å². The Morgan fingerprint density at radius 3 is 2.60 bits per heavy atom. The molecule has 0 spiro atoms. The minimum Gasteiger partial charge on any atom is -0.493 e. The van der Waals surface area contributed by atoms with E-state index in [9.17, 15) is 9.18 Å². The molecule has 2 aromatic rings. The lowest BCUT2D eigenvalue weighted by atomic mass is 10.1. The minimum absolute atomic E-state index is 0.0303. The van der Waals surface area contributed by atoms with Crippen molar-refractivity contribution >= 4 is 51.2 Å². The first-order valence-electron chi connectivity index (χ1n) is 8.12. The molecule has 1 aromatic heterocycles. The molecule has 1 aromatic carbocycles. The quantitative estimate of drug-likeness (QED) is 0.615. The van der Waals surface area contributed by atoms with Gasteiger partial charge in [-0.1, -0.05) is 6.92 Å². The van der Waals surface area contributed by atoms with Gasteiger partial charge in [-0.15, -0.1) is 34.9 Å². The summed E-state index contributed by atoms with van der Waals surface area (Å²) >= 11 is 5.34. The third kappa shape index (κ3) is 3.51. The number of carbonyl (C=O) groups is 1. The number of hydrogen-bond acceptors (Lipinski definition) is 6. The van der Waals surface area contributed by atoms with E-state index in [1.807, 2.05) is 42.6 Å². The van der Waals surface area contributed by atoms with Gasteiger partial charge in [0, 0.05) is 26.9 Å². The van der Waals surface area contributed by atoms with E-state index >= 15 is 0 Å². The van der Waals surface area contributed by atoms with Crippen molar-refractivity contribution in [1.29, 1.82) is 0 Å². The van der Waals surface area contributed by atoms with Crippen molar-refractivity contribution in [2.45, 2.75) is 23.8 Å². The molecule has 0 amide bonds. The van der Waals surface area contributed by atoms with Crippen LogP contribution in [0.4, 0.5) is 4.39 Å². The summed E-state index contributed by atoms with van der Waals surface area (Å²) in [6, 6.07) is 3.76. The highest BCUT2D eigenvalue weighted by Crippen LogP contribution is 2.57. The van der Waals surface area contributed by atoms with Crippen LogP contribution >= 0.6 is 34.9 Å². The van der Waals surface area contributed by atoms with Crippen LogP contribution in [0.25, 0.3) is 10.1 Å². The predicted octanol–water partition coefficient (Wildman–Crippen LogP) is 5.31. The second-order valence-corrected chi connectivity index (χ2v) is 10.2. The molecule has 1 aliphatic rings. The van der Waals surface area contributed by atoms with Crippen molar-refractivity contribution in [2.75, 3.05) is 25.7 Å². The normalized spacial score (nSPS) is 18.1. The van der Waals surface area contributed by atoms with E-state index in [0.717, 1.165) is 40.2 Å². The Morgan fingerprint density at radius 2 is 2.00 bits per heavy atom. The molecule has 1 atom stereocenters. The van der Waals surface area contributed by atoms with Gasteiger partial charge >= 0.3 is 0 Å². The molecule has 1 fully saturated rings. The van der Waals surface area contributed by atoms with Crippen molar-refractivity contribution in [3.8, 4) is 11.5 Å². The number of fused-ring (bicyclic) bond motifs is 1. The number of benzene rings is 1. The lowest BCUT2D eigenvalue weighted by Gasteiger charge is -2.36. The molecule has 0 bridgehead atoms. The van der Waals surface area contributed by atoms with E-state index in [0.29, 0.717) is 11.1 Å². The maximum absolute atomic E-state index is 14.9. The van der Waals surface area contributed by atoms with Crippen LogP contribution < -0.4 is 9.47 Å². The minimum atomic E-state index is -0.385. The molecule has 0 aliphatic carbocycles. The molecule has 3 nitrogen and oxygen atoms in total. The van der Waals surface area contributed by atoms with E-state index < -0.39 is 0 Å². The number of aldehydes is 1. The molecule has 2 heterocycles. The first-order valence-corrected chi connectivity index (χ1v) is 10.9. The average Bonchev–Trinajstić information content (AvgIpc) is 3.07. The Bertz CT molecular complexity index is 769. The summed E-state index contributed by atoms with van der Waals surface area (Å²) in [6.45, 7) is 1.95. The lowest BCUT2D eigenvalue weighted by Crippen LogP contribution is -2.24. The van der Waals surface area contributed by atoms with Crippen LogP contribution in [0.1, 0.15) is 24.6 Å². The van der Waals surface area contributed by atoms with Gasteiger partial charge in [0.05, 0.1) is 18.3 Å². The zero-order valence-corrected chi connectivity index (χ0v) is 16.9. The molecule has 3 rings (SSSR count). The summed E-state index contributed by atoms with van der Waals surface area (Å²) in [7, 11) is 2.96. The first-order chi connectivity index (χ1) is 12.0. The summed E-state index contributed by atoms with van der Waals surface area (Å²) in [5.41, 5.74) is 0. The maximum atomic E-state index is 14.9. The zero-order valence-electron chi connectivity index (χ0n) is 14.5. The van der Waals surface area contributed by atoms with Crippen LogP contribution in [0, 0.1) is 11.7 Å². The summed E-state index contributed by atoms with van der Waals surface area (Å²) in [4.78, 5) is 12.3. The van der Waals surface area contributed by atoms with Crippen LogP contribution in [-0.2, 0) is 8.87 Å². The fourth-order valence-electron chi connectivity index (χ4n) is 3.04. The van der Waals surface area contributed by atoms with Gasteiger partial charge in [-0.05, 0) is 30.4 Å². The van der Waals surface area contributed by atoms with Crippen LogP contribution in [0.15, 0.2) is 12.1 Å². The van der Waals surface area contributed by atoms with Gasteiger partial charge in [-0.2, -0.15) is 0 Å². The van der Waals surface area contributed by atoms with Crippen molar-refractivity contribution in [3.63, 3.8) is 0 Å². The van der Waals surface area contributed by atoms with Gasteiger partial charge < -0.3 is 14.3 Å². The standard InChI is InChI=1S/C18H21FO3S3/c1-11(10-20)9-18(23-5-4-6-24-18)15-7-12-14(25-15)8-13(21-2)17(22-3)16(12)19/h7-8,10-11H,4-6,9H2,1-3H3/t11-/m0/s1. The fraction of sp³-hybridized carbons (Fsp3) is 0.500. The zero-order chi connectivity index (χ0) is 18.0. The third-order valence-corrected chi connectivity index (χ3v) is 9.16. The van der Waals surface area contributed by atoms with Gasteiger partial charge in [0.15, 0.2) is 17.3 Å². The summed E-state index contributed by atoms with van der Waals surface area (Å²) in [6.07, 6.45) is 2.93. The Balaban J connectivity index is 2.12. The van der Waals surface area contributed by atoms with E-state index in [-0.39, 0.29) is 21.6 Å². The summed E-state index contributed by atoms with van der Waals surface area (Å²) in [5, 5.41) is 0.558. The Labute approximate surface area is 159 Å². The van der Waals surface area contributed by atoms with Gasteiger partial charge in [0.1, 0.15) is 6.29 Å². The number of carbonyl (C=O) groups excluding carboxylic acids is 1. The molecular formula is C18H21FO3S3. The monoisotopic (exact) mass is 400 g/mol. The van der Waals surface area contributed by atoms with Crippen molar-refractivity contribution in [2.24, 2.45) is 5.92 Å². The van der Waals surface area contributed by atoms with E-state index in [2.05, 4.69) is 0 Å². The highest BCUT2D eigenvalue weighted by molar-refractivity contribution is 8.18. The molecular weight excluding hydrogens is 379 g/mol. The summed E-state index contributed by atoms with van der Waals surface area (Å²) < 4.78 is 26.0. The number of thiophene rings is 1. The number of methoxy groups -OCH3 is 2. The lowest BCUT2D eigenvalue weighted by molar-refractivity contribution is -0.110. The smallest absolute Gasteiger partial charge is 0.197 e. The van der Waals surface area contributed by atoms with E-state index in [4.69, 9.17) is 9.47 Å². The first kappa shape index (κ1) is 18.9. The van der Waals surface area contributed by atoms with E-state index in [1.54, 1.807) is 11.3 Å². The number of rotatable bonds is 6. The van der Waals surface area contributed by atoms with E-state index in [1.165, 1.54) is 14.2 Å². The number of ether oxygens (including phenoxy) is 2. The molecule has 136 valence electrons. The molecule has 0 unspecified atom stereocenters. The molecule has 25 heavy (non-hydrogen) atoms. The Kier molecular flexibility index (Phi) is 5.85. The molecule has 0 N–H and O–H groups in total. The van der Waals surface area contributed by atoms with Crippen LogP contribution in [0.3, 0.4) is 0 Å². The third-order valence-electron chi connectivity index (χ3n) is 4.26. The molecule has 0 radical (unpaired) electrons. The van der Waals surface area contributed by atoms with Gasteiger partial charge in [0.2, 0.25) is 0 Å². The Morgan fingerprint density at radius 1 is 1.28 bits per heavy atom. The second-order valence-electron chi connectivity index (χ2n) is 6.07. The van der Waals surface area contributed by atoms with Crippen molar-refractivity contribution in [1.82, 2.24) is 0 Å². The van der Waals surface area contributed by atoms with Gasteiger partial charge in [0.25, 0.3) is 0 Å². The van der Waals surface area contributed by atoms with Crippen LogP contribution in [-0.4, -0.2) is 32.0 Å². The largest absolute Gasteiger partial charge is 0.493 e. The summed E-state index contributed by atoms with van der Waals surface area (Å²) in [5.74, 6) is 2.24. The van der Waals surface area contributed by atoms with Crippen molar-refractivity contribution < 1.29 is 18.7 Å². The number of halogens is 1. The molecule has 7 heteroatoms. The molecule has 1 aliphatic heterocycles.